The van der Waals surface area contributed by atoms with Gasteiger partial charge >= 0.3 is 5.97 Å². The molecule has 8 bridgehead atoms. The van der Waals surface area contributed by atoms with Crippen molar-refractivity contribution in [3.63, 3.8) is 0 Å². The second kappa shape index (κ2) is 18.6. The minimum Gasteiger partial charge on any atom is -0.494 e. The Morgan fingerprint density at radius 2 is 0.968 bits per heavy atom. The van der Waals surface area contributed by atoms with Crippen LogP contribution in [0.15, 0.2) is 122 Å². The first-order valence-electron chi connectivity index (χ1n) is 20.4. The fourth-order valence-corrected chi connectivity index (χ4v) is 7.08. The van der Waals surface area contributed by atoms with Gasteiger partial charge in [-0.15, -0.1) is 0 Å². The van der Waals surface area contributed by atoms with Gasteiger partial charge in [0.15, 0.2) is 0 Å². The largest absolute Gasteiger partial charge is 0.494 e. The van der Waals surface area contributed by atoms with E-state index in [0.717, 1.165) is 53.3 Å². The highest BCUT2D eigenvalue weighted by Crippen LogP contribution is 2.28. The normalized spacial score (nSPS) is 11.1. The number of hydrogen-bond acceptors (Lipinski definition) is 7. The van der Waals surface area contributed by atoms with Gasteiger partial charge in [0.2, 0.25) is 0 Å². The minimum absolute atomic E-state index is 0.227. The van der Waals surface area contributed by atoms with E-state index in [1.54, 1.807) is 42.9 Å². The number of aromatic nitrogens is 7. The van der Waals surface area contributed by atoms with Crippen LogP contribution < -0.4 is 4.74 Å². The maximum atomic E-state index is 11.3. The predicted octanol–water partition coefficient (Wildman–Crippen LogP) is 9.53. The Bertz CT molecular complexity index is 3110. The van der Waals surface area contributed by atoms with Crippen molar-refractivity contribution in [3.05, 3.63) is 189 Å². The van der Waals surface area contributed by atoms with Gasteiger partial charge in [0.05, 0.1) is 62.7 Å². The molecule has 0 saturated heterocycles. The number of aryl methyl sites for hydroxylation is 1. The smallest absolute Gasteiger partial charge is 0.335 e. The summed E-state index contributed by atoms with van der Waals surface area (Å²) < 4.78 is 5.93. The number of unbranched alkanes of at least 4 members (excludes halogenated alkanes) is 2. The lowest BCUT2D eigenvalue weighted by Gasteiger charge is -2.07. The summed E-state index contributed by atoms with van der Waals surface area (Å²) in [4.78, 5) is 42.3. The average molecular weight is 820 g/mol. The minimum atomic E-state index is -0.964. The Morgan fingerprint density at radius 1 is 0.508 bits per heavy atom. The molecule has 10 nitrogen and oxygen atoms in total. The van der Waals surface area contributed by atoms with E-state index >= 15 is 0 Å². The molecular weight excluding hydrogens is 783 g/mol. The summed E-state index contributed by atoms with van der Waals surface area (Å²) in [6, 6.07) is 31.7. The first-order valence-corrected chi connectivity index (χ1v) is 20.4. The second-order valence-electron chi connectivity index (χ2n) is 14.5. The highest BCUT2D eigenvalue weighted by molar-refractivity contribution is 5.88. The van der Waals surface area contributed by atoms with Crippen molar-refractivity contribution in [2.24, 2.45) is 0 Å². The van der Waals surface area contributed by atoms with Gasteiger partial charge in [0.25, 0.3) is 0 Å². The number of aromatic carboxylic acids is 1. The van der Waals surface area contributed by atoms with Crippen LogP contribution in [0.4, 0.5) is 0 Å². The van der Waals surface area contributed by atoms with Crippen LogP contribution in [-0.4, -0.2) is 52.6 Å². The lowest BCUT2D eigenvalue weighted by atomic mass is 10.1. The number of nitrogens with one attached hydrogen (secondary N) is 2. The number of rotatable bonds is 8. The molecule has 2 aliphatic rings. The SMILES string of the molecule is O=C(O)c1ccc(OCCCCCc2c3ccc([nH]3)c(C#Cc3ccccn3)c3nc(c(C#Cc4ccccn4)c4nc(c(C#Cc5ccccn5)c5ccc2[nH]5)C=C4)C=C3)cc1. The zero-order chi connectivity index (χ0) is 42.8. The summed E-state index contributed by atoms with van der Waals surface area (Å²) in [5.74, 6) is 19.6. The Labute approximate surface area is 363 Å². The molecule has 6 aromatic heterocycles. The summed E-state index contributed by atoms with van der Waals surface area (Å²) in [5, 5.41) is 9.23. The van der Waals surface area contributed by atoms with Gasteiger partial charge in [-0.2, -0.15) is 0 Å². The van der Waals surface area contributed by atoms with Gasteiger partial charge in [-0.05, 0) is 158 Å². The molecule has 3 N–H and O–H groups in total. The molecule has 0 unspecified atom stereocenters. The molecule has 10 heteroatoms. The molecule has 63 heavy (non-hydrogen) atoms. The van der Waals surface area contributed by atoms with E-state index in [2.05, 4.69) is 72.6 Å². The third kappa shape index (κ3) is 9.50. The van der Waals surface area contributed by atoms with E-state index in [1.165, 1.54) is 0 Å². The third-order valence-corrected chi connectivity index (χ3v) is 10.2. The monoisotopic (exact) mass is 819 g/mol. The Balaban J connectivity index is 1.19. The molecule has 7 aromatic rings. The second-order valence-corrected chi connectivity index (χ2v) is 14.5. The van der Waals surface area contributed by atoms with E-state index in [-0.39, 0.29) is 5.56 Å². The predicted molar refractivity (Wildman–Crippen MR) is 246 cm³/mol. The van der Waals surface area contributed by atoms with Crippen molar-refractivity contribution < 1.29 is 14.6 Å². The van der Waals surface area contributed by atoms with Crippen LogP contribution in [0.25, 0.3) is 46.4 Å². The van der Waals surface area contributed by atoms with Crippen molar-refractivity contribution >= 4 is 52.3 Å². The molecular formula is C53H37N7O3. The summed E-state index contributed by atoms with van der Waals surface area (Å²) in [5.41, 5.74) is 11.4. The van der Waals surface area contributed by atoms with Crippen LogP contribution in [0.5, 0.6) is 5.75 Å². The molecule has 0 amide bonds. The standard InChI is InChI=1S/C53H37N7O3/c61-53(62)36-14-19-40(20-15-36)63-35-9-1-2-13-41-45-24-26-47(57-45)42(21-16-37-10-3-6-32-54-37)49-28-30-51(59-49)44(23-18-39-12-5-8-34-56-39)52-31-29-50(60-52)43(48-27-25-46(41)58-48)22-17-38-11-4-7-33-55-38/h3-8,10-12,14-15,19-20,24-34,57-58H,1-2,9,13,35H2,(H,61,62). The van der Waals surface area contributed by atoms with Gasteiger partial charge in [0, 0.05) is 29.6 Å². The molecule has 8 heterocycles. The number of carbonyl (C=O) groups is 1. The first kappa shape index (κ1) is 39.7. The highest BCUT2D eigenvalue weighted by Gasteiger charge is 2.16. The van der Waals surface area contributed by atoms with Crippen LogP contribution in [0, 0.1) is 35.5 Å². The number of nitrogens with zero attached hydrogens (tertiary/aromatic N) is 5. The number of ether oxygens (including phenoxy) is 1. The first-order chi connectivity index (χ1) is 31.0. The summed E-state index contributed by atoms with van der Waals surface area (Å²) in [6.07, 6.45) is 16.4. The van der Waals surface area contributed by atoms with E-state index < -0.39 is 5.97 Å². The number of aromatic amines is 2. The van der Waals surface area contributed by atoms with E-state index in [0.29, 0.717) is 68.9 Å². The molecule has 0 radical (unpaired) electrons. The molecule has 0 fully saturated rings. The fraction of sp³-hybridized carbons (Fsp3) is 0.0943. The zero-order valence-corrected chi connectivity index (χ0v) is 33.9. The van der Waals surface area contributed by atoms with Gasteiger partial charge in [-0.1, -0.05) is 36.0 Å². The van der Waals surface area contributed by atoms with Gasteiger partial charge in [-0.3, -0.25) is 0 Å². The maximum absolute atomic E-state index is 11.3. The van der Waals surface area contributed by atoms with Crippen LogP contribution in [0.1, 0.15) is 91.7 Å². The quantitative estimate of drug-likeness (QED) is 0.102. The number of pyridine rings is 3. The van der Waals surface area contributed by atoms with Crippen LogP contribution in [-0.2, 0) is 6.42 Å². The third-order valence-electron chi connectivity index (χ3n) is 10.2. The highest BCUT2D eigenvalue weighted by atomic mass is 16.5. The van der Waals surface area contributed by atoms with Gasteiger partial charge < -0.3 is 19.8 Å². The molecule has 1 aromatic carbocycles. The number of carboxylic acid groups (broad SMARTS) is 1. The van der Waals surface area contributed by atoms with Crippen molar-refractivity contribution in [3.8, 4) is 41.3 Å². The van der Waals surface area contributed by atoms with Crippen molar-refractivity contribution in [2.75, 3.05) is 6.61 Å². The molecule has 0 spiro atoms. The van der Waals surface area contributed by atoms with Crippen LogP contribution in [0.2, 0.25) is 0 Å². The van der Waals surface area contributed by atoms with Gasteiger partial charge in [-0.25, -0.2) is 29.7 Å². The Hall–Kier alpha value is -8.78. The van der Waals surface area contributed by atoms with Crippen molar-refractivity contribution in [2.45, 2.75) is 25.7 Å². The van der Waals surface area contributed by atoms with E-state index in [9.17, 15) is 9.90 Å². The average Bonchev–Trinajstić information content (AvgIpc) is 4.18. The lowest BCUT2D eigenvalue weighted by Crippen LogP contribution is -1.99. The molecule has 302 valence electrons. The zero-order valence-electron chi connectivity index (χ0n) is 33.9. The number of H-pyrrole nitrogens is 2. The van der Waals surface area contributed by atoms with Crippen LogP contribution >= 0.6 is 0 Å². The number of hydrogen-bond donors (Lipinski definition) is 3. The van der Waals surface area contributed by atoms with Crippen LogP contribution in [0.3, 0.4) is 0 Å². The number of fused-ring (bicyclic) bond motifs is 8. The number of benzene rings is 1. The lowest BCUT2D eigenvalue weighted by molar-refractivity contribution is 0.0697. The van der Waals surface area contributed by atoms with E-state index in [4.69, 9.17) is 14.7 Å². The Morgan fingerprint density at radius 3 is 1.43 bits per heavy atom. The fourth-order valence-electron chi connectivity index (χ4n) is 7.08. The Kier molecular flexibility index (Phi) is 11.7. The summed E-state index contributed by atoms with van der Waals surface area (Å²) >= 11 is 0. The molecule has 0 saturated carbocycles. The molecule has 2 aliphatic heterocycles. The molecule has 9 rings (SSSR count). The molecule has 0 atom stereocenters. The molecule has 0 aliphatic carbocycles. The van der Waals surface area contributed by atoms with E-state index in [1.807, 2.05) is 91.0 Å². The summed E-state index contributed by atoms with van der Waals surface area (Å²) in [6.45, 7) is 0.513. The van der Waals surface area contributed by atoms with Crippen molar-refractivity contribution in [1.82, 2.24) is 34.9 Å². The number of carboxylic acids is 1. The van der Waals surface area contributed by atoms with Gasteiger partial charge in [0.1, 0.15) is 22.8 Å². The summed E-state index contributed by atoms with van der Waals surface area (Å²) in [7, 11) is 0. The van der Waals surface area contributed by atoms with Crippen molar-refractivity contribution in [1.29, 1.82) is 0 Å². The maximum Gasteiger partial charge on any atom is 0.335 e. The topological polar surface area (TPSA) is 143 Å².